The van der Waals surface area contributed by atoms with Crippen LogP contribution in [0.1, 0.15) is 19.4 Å². The van der Waals surface area contributed by atoms with Crippen molar-refractivity contribution in [3.63, 3.8) is 0 Å². The molecule has 0 fully saturated rings. The Bertz CT molecular complexity index is 501. The van der Waals surface area contributed by atoms with E-state index in [1.807, 2.05) is 31.2 Å². The molecule has 1 aromatic carbocycles. The van der Waals surface area contributed by atoms with E-state index in [0.717, 1.165) is 11.3 Å². The molecule has 0 aliphatic heterocycles. The minimum atomic E-state index is -0.958. The lowest BCUT2D eigenvalue weighted by atomic mass is 9.95. The molecule has 0 saturated heterocycles. The molecule has 2 unspecified atom stereocenters. The van der Waals surface area contributed by atoms with Crippen LogP contribution < -0.4 is 4.74 Å². The fourth-order valence-corrected chi connectivity index (χ4v) is 1.90. The number of hydrogen-bond acceptors (Lipinski definition) is 3. The summed E-state index contributed by atoms with van der Waals surface area (Å²) in [6.07, 6.45) is 0. The summed E-state index contributed by atoms with van der Waals surface area (Å²) in [5.74, 6) is -1.59. The van der Waals surface area contributed by atoms with Crippen molar-refractivity contribution < 1.29 is 19.4 Å². The van der Waals surface area contributed by atoms with Crippen molar-refractivity contribution in [1.82, 2.24) is 4.90 Å². The number of hydrogen-bond donors (Lipinski definition) is 1. The number of aryl methyl sites for hydroxylation is 1. The Hall–Kier alpha value is -2.04. The van der Waals surface area contributed by atoms with Crippen LogP contribution in [0.25, 0.3) is 0 Å². The Balaban J connectivity index is 2.46. The van der Waals surface area contributed by atoms with Crippen LogP contribution in [-0.4, -0.2) is 42.1 Å². The Kier molecular flexibility index (Phi) is 6.21. The summed E-state index contributed by atoms with van der Waals surface area (Å²) >= 11 is 0. The molecule has 0 aliphatic carbocycles. The molecular formula is C16H23NO4. The smallest absolute Gasteiger partial charge is 0.307 e. The average Bonchev–Trinajstić information content (AvgIpc) is 2.46. The van der Waals surface area contributed by atoms with Gasteiger partial charge in [-0.3, -0.25) is 9.59 Å². The number of carboxylic acid groups (broad SMARTS) is 1. The number of ether oxygens (including phenoxy) is 1. The number of amides is 1. The van der Waals surface area contributed by atoms with E-state index in [2.05, 4.69) is 0 Å². The van der Waals surface area contributed by atoms with Gasteiger partial charge in [0, 0.05) is 13.0 Å². The van der Waals surface area contributed by atoms with Crippen LogP contribution in [0, 0.1) is 18.8 Å². The number of carbonyl (C=O) groups excluding carboxylic acids is 1. The fourth-order valence-electron chi connectivity index (χ4n) is 1.90. The molecule has 2 atom stereocenters. The Morgan fingerprint density at radius 3 is 2.43 bits per heavy atom. The van der Waals surface area contributed by atoms with Gasteiger partial charge in [0.2, 0.25) is 5.91 Å². The molecule has 0 radical (unpaired) electrons. The highest BCUT2D eigenvalue weighted by Gasteiger charge is 2.27. The van der Waals surface area contributed by atoms with Gasteiger partial charge in [0.15, 0.2) is 0 Å². The maximum Gasteiger partial charge on any atom is 0.307 e. The first-order valence-corrected chi connectivity index (χ1v) is 7.00. The topological polar surface area (TPSA) is 66.8 Å². The van der Waals surface area contributed by atoms with Crippen molar-refractivity contribution >= 4 is 11.9 Å². The second-order valence-electron chi connectivity index (χ2n) is 5.29. The van der Waals surface area contributed by atoms with Crippen molar-refractivity contribution in [2.24, 2.45) is 11.8 Å². The summed E-state index contributed by atoms with van der Waals surface area (Å²) in [5.41, 5.74) is 1.04. The highest BCUT2D eigenvalue weighted by molar-refractivity contribution is 5.84. The van der Waals surface area contributed by atoms with E-state index >= 15 is 0 Å². The van der Waals surface area contributed by atoms with Crippen LogP contribution in [0.15, 0.2) is 24.3 Å². The summed E-state index contributed by atoms with van der Waals surface area (Å²) in [5, 5.41) is 8.94. The molecular weight excluding hydrogens is 270 g/mol. The molecule has 1 rings (SSSR count). The summed E-state index contributed by atoms with van der Waals surface area (Å²) in [6.45, 7) is 5.94. The normalized spacial score (nSPS) is 13.3. The Morgan fingerprint density at radius 1 is 1.24 bits per heavy atom. The number of para-hydroxylation sites is 1. The van der Waals surface area contributed by atoms with Gasteiger partial charge in [-0.2, -0.15) is 0 Å². The Labute approximate surface area is 125 Å². The zero-order valence-electron chi connectivity index (χ0n) is 13.0. The van der Waals surface area contributed by atoms with Crippen molar-refractivity contribution in [3.05, 3.63) is 29.8 Å². The lowest BCUT2D eigenvalue weighted by Gasteiger charge is -2.23. The van der Waals surface area contributed by atoms with Crippen molar-refractivity contribution in [3.8, 4) is 5.75 Å². The van der Waals surface area contributed by atoms with Gasteiger partial charge in [0.05, 0.1) is 12.5 Å². The van der Waals surface area contributed by atoms with Crippen LogP contribution in [0.2, 0.25) is 0 Å². The predicted molar refractivity (Wildman–Crippen MR) is 80.3 cm³/mol. The van der Waals surface area contributed by atoms with Crippen molar-refractivity contribution in [2.45, 2.75) is 20.8 Å². The number of likely N-dealkylation sites (N-methyl/N-ethyl adjacent to an activating group) is 1. The molecule has 1 amide bonds. The molecule has 1 aromatic rings. The lowest BCUT2D eigenvalue weighted by Crippen LogP contribution is -2.38. The van der Waals surface area contributed by atoms with E-state index in [1.54, 1.807) is 20.9 Å². The Morgan fingerprint density at radius 2 is 1.86 bits per heavy atom. The van der Waals surface area contributed by atoms with Crippen LogP contribution in [0.4, 0.5) is 0 Å². The third kappa shape index (κ3) is 4.77. The first kappa shape index (κ1) is 17.0. The number of carboxylic acids is 1. The third-order valence-corrected chi connectivity index (χ3v) is 3.68. The van der Waals surface area contributed by atoms with Crippen LogP contribution in [0.5, 0.6) is 5.75 Å². The molecule has 1 N–H and O–H groups in total. The zero-order valence-corrected chi connectivity index (χ0v) is 13.0. The van der Waals surface area contributed by atoms with E-state index in [1.165, 1.54) is 4.90 Å². The van der Waals surface area contributed by atoms with Crippen LogP contribution in [0.3, 0.4) is 0 Å². The zero-order chi connectivity index (χ0) is 16.0. The summed E-state index contributed by atoms with van der Waals surface area (Å²) in [4.78, 5) is 24.5. The highest BCUT2D eigenvalue weighted by Crippen LogP contribution is 2.16. The highest BCUT2D eigenvalue weighted by atomic mass is 16.5. The number of benzene rings is 1. The first-order valence-electron chi connectivity index (χ1n) is 7.00. The van der Waals surface area contributed by atoms with Crippen molar-refractivity contribution in [2.75, 3.05) is 20.2 Å². The summed E-state index contributed by atoms with van der Waals surface area (Å²) in [6, 6.07) is 7.67. The molecule has 0 saturated carbocycles. The number of rotatable bonds is 7. The van der Waals surface area contributed by atoms with Crippen LogP contribution >= 0.6 is 0 Å². The number of carbonyl (C=O) groups is 2. The van der Waals surface area contributed by atoms with E-state index in [-0.39, 0.29) is 5.91 Å². The molecule has 5 nitrogen and oxygen atoms in total. The fraction of sp³-hybridized carbons (Fsp3) is 0.500. The van der Waals surface area contributed by atoms with Gasteiger partial charge in [0.25, 0.3) is 0 Å². The molecule has 0 heterocycles. The summed E-state index contributed by atoms with van der Waals surface area (Å²) in [7, 11) is 1.66. The molecule has 0 spiro atoms. The molecule has 21 heavy (non-hydrogen) atoms. The second-order valence-corrected chi connectivity index (χ2v) is 5.29. The van der Waals surface area contributed by atoms with Gasteiger partial charge >= 0.3 is 5.97 Å². The first-order chi connectivity index (χ1) is 9.84. The number of nitrogens with zero attached hydrogens (tertiary/aromatic N) is 1. The second kappa shape index (κ2) is 7.67. The molecule has 0 aromatic heterocycles. The van der Waals surface area contributed by atoms with Gasteiger partial charge in [-0.25, -0.2) is 0 Å². The molecule has 5 heteroatoms. The van der Waals surface area contributed by atoms with E-state index in [4.69, 9.17) is 9.84 Å². The minimum absolute atomic E-state index is 0.182. The summed E-state index contributed by atoms with van der Waals surface area (Å²) < 4.78 is 5.64. The molecule has 0 bridgehead atoms. The maximum absolute atomic E-state index is 12.1. The van der Waals surface area contributed by atoms with Crippen LogP contribution in [-0.2, 0) is 9.59 Å². The standard InChI is InChI=1S/C16H23NO4/c1-11-7-5-6-8-14(11)21-10-9-17(4)15(18)12(2)13(3)16(19)20/h5-8,12-13H,9-10H2,1-4H3,(H,19,20). The predicted octanol–water partition coefficient (Wildman–Crippen LogP) is 2.19. The maximum atomic E-state index is 12.1. The van der Waals surface area contributed by atoms with Gasteiger partial charge in [-0.15, -0.1) is 0 Å². The van der Waals surface area contributed by atoms with Gasteiger partial charge < -0.3 is 14.7 Å². The quantitative estimate of drug-likeness (QED) is 0.837. The van der Waals surface area contributed by atoms with Gasteiger partial charge in [-0.05, 0) is 18.6 Å². The van der Waals surface area contributed by atoms with E-state index < -0.39 is 17.8 Å². The molecule has 0 aliphatic rings. The van der Waals surface area contributed by atoms with Gasteiger partial charge in [-0.1, -0.05) is 32.0 Å². The largest absolute Gasteiger partial charge is 0.491 e. The number of aliphatic carboxylic acids is 1. The van der Waals surface area contributed by atoms with Gasteiger partial charge in [0.1, 0.15) is 12.4 Å². The monoisotopic (exact) mass is 293 g/mol. The van der Waals surface area contributed by atoms with Crippen molar-refractivity contribution in [1.29, 1.82) is 0 Å². The van der Waals surface area contributed by atoms with E-state index in [9.17, 15) is 9.59 Å². The average molecular weight is 293 g/mol. The third-order valence-electron chi connectivity index (χ3n) is 3.68. The SMILES string of the molecule is Cc1ccccc1OCCN(C)C(=O)C(C)C(C)C(=O)O. The van der Waals surface area contributed by atoms with E-state index in [0.29, 0.717) is 13.2 Å². The minimum Gasteiger partial charge on any atom is -0.491 e. The molecule has 116 valence electrons. The lowest BCUT2D eigenvalue weighted by molar-refractivity contribution is -0.148.